The van der Waals surface area contributed by atoms with Gasteiger partial charge in [0.25, 0.3) is 0 Å². The van der Waals surface area contributed by atoms with Crippen molar-refractivity contribution in [3.8, 4) is 17.0 Å². The third kappa shape index (κ3) is 5.09. The van der Waals surface area contributed by atoms with Crippen molar-refractivity contribution in [2.45, 2.75) is 38.5 Å². The summed E-state index contributed by atoms with van der Waals surface area (Å²) < 4.78 is 10.5. The number of ether oxygens (including phenoxy) is 2. The van der Waals surface area contributed by atoms with Crippen LogP contribution in [0.2, 0.25) is 0 Å². The fourth-order valence-corrected chi connectivity index (χ4v) is 5.15. The molecule has 3 heterocycles. The summed E-state index contributed by atoms with van der Waals surface area (Å²) >= 11 is 0. The number of hydrogen-bond donors (Lipinski definition) is 0. The number of para-hydroxylation sites is 1. The molecule has 2 saturated heterocycles. The zero-order chi connectivity index (χ0) is 24.1. The molecule has 2 aliphatic heterocycles. The van der Waals surface area contributed by atoms with Crippen LogP contribution in [0.25, 0.3) is 11.3 Å². The molecule has 2 fully saturated rings. The van der Waals surface area contributed by atoms with Crippen LogP contribution in [-0.2, 0) is 14.3 Å². The first-order valence-corrected chi connectivity index (χ1v) is 12.1. The number of likely N-dealkylation sites (tertiary alicyclic amines) is 2. The van der Waals surface area contributed by atoms with E-state index in [9.17, 15) is 9.59 Å². The topological polar surface area (TPSA) is 72.0 Å². The monoisotopic (exact) mass is 465 g/mol. The fourth-order valence-electron chi connectivity index (χ4n) is 5.15. The highest BCUT2D eigenvalue weighted by Gasteiger charge is 2.41. The molecule has 4 rings (SSSR count). The van der Waals surface area contributed by atoms with Gasteiger partial charge in [-0.05, 0) is 49.9 Å². The first-order valence-electron chi connectivity index (χ1n) is 12.1. The van der Waals surface area contributed by atoms with Crippen LogP contribution >= 0.6 is 0 Å². The van der Waals surface area contributed by atoms with E-state index in [2.05, 4.69) is 13.0 Å². The van der Waals surface area contributed by atoms with Crippen molar-refractivity contribution < 1.29 is 19.1 Å². The Kier molecular flexibility index (Phi) is 7.51. The van der Waals surface area contributed by atoms with E-state index in [4.69, 9.17) is 14.5 Å². The lowest BCUT2D eigenvalue weighted by atomic mass is 9.78. The lowest BCUT2D eigenvalue weighted by molar-refractivity contribution is -0.149. The van der Waals surface area contributed by atoms with Crippen molar-refractivity contribution in [2.75, 3.05) is 47.0 Å². The van der Waals surface area contributed by atoms with E-state index in [0.717, 1.165) is 42.1 Å². The number of methoxy groups -OCH3 is 2. The standard InChI is InChI=1S/C27H35N3O4/c1-27(13-16-29(17-14-27)25(31)19-33-2)26(32)30-15-7-8-20(18-30)22-10-6-11-23(28-22)21-9-4-5-12-24(21)34-3/h4-6,9-12,20H,7-8,13-19H2,1-3H3/t20-/m1/s1. The quantitative estimate of drug-likeness (QED) is 0.650. The summed E-state index contributed by atoms with van der Waals surface area (Å²) in [7, 11) is 3.20. The molecule has 182 valence electrons. The van der Waals surface area contributed by atoms with Crippen LogP contribution in [0.3, 0.4) is 0 Å². The summed E-state index contributed by atoms with van der Waals surface area (Å²) in [5.41, 5.74) is 2.45. The second kappa shape index (κ2) is 10.6. The van der Waals surface area contributed by atoms with Crippen LogP contribution in [-0.4, -0.2) is 73.6 Å². The molecule has 0 spiro atoms. The van der Waals surface area contributed by atoms with Crippen LogP contribution in [0, 0.1) is 5.41 Å². The first-order chi connectivity index (χ1) is 16.4. The molecule has 2 amide bonds. The molecule has 7 nitrogen and oxygen atoms in total. The molecule has 1 atom stereocenters. The molecule has 0 bridgehead atoms. The molecule has 2 aromatic rings. The zero-order valence-corrected chi connectivity index (χ0v) is 20.5. The largest absolute Gasteiger partial charge is 0.496 e. The molecule has 0 N–H and O–H groups in total. The number of pyridine rings is 1. The fraction of sp³-hybridized carbons (Fsp3) is 0.519. The molecule has 1 aromatic carbocycles. The highest BCUT2D eigenvalue weighted by atomic mass is 16.5. The smallest absolute Gasteiger partial charge is 0.248 e. The van der Waals surface area contributed by atoms with Gasteiger partial charge in [0.2, 0.25) is 11.8 Å². The van der Waals surface area contributed by atoms with Gasteiger partial charge in [0.05, 0.1) is 12.8 Å². The van der Waals surface area contributed by atoms with Gasteiger partial charge < -0.3 is 19.3 Å². The Morgan fingerprint density at radius 1 is 1.03 bits per heavy atom. The van der Waals surface area contributed by atoms with Crippen LogP contribution in [0.1, 0.15) is 44.2 Å². The van der Waals surface area contributed by atoms with E-state index in [1.165, 1.54) is 7.11 Å². The normalized spacial score (nSPS) is 20.1. The van der Waals surface area contributed by atoms with Gasteiger partial charge in [-0.3, -0.25) is 14.6 Å². The molecule has 0 radical (unpaired) electrons. The summed E-state index contributed by atoms with van der Waals surface area (Å²) in [6.45, 7) is 4.82. The lowest BCUT2D eigenvalue weighted by Crippen LogP contribution is -2.52. The van der Waals surface area contributed by atoms with Gasteiger partial charge in [0, 0.05) is 55.9 Å². The molecule has 0 saturated carbocycles. The summed E-state index contributed by atoms with van der Waals surface area (Å²) in [6.07, 6.45) is 3.35. The van der Waals surface area contributed by atoms with Crippen molar-refractivity contribution in [3.63, 3.8) is 0 Å². The average molecular weight is 466 g/mol. The second-order valence-corrected chi connectivity index (χ2v) is 9.61. The number of carbonyl (C=O) groups is 2. The van der Waals surface area contributed by atoms with E-state index in [1.54, 1.807) is 7.11 Å². The Balaban J connectivity index is 1.45. The average Bonchev–Trinajstić information content (AvgIpc) is 2.89. The predicted molar refractivity (Wildman–Crippen MR) is 131 cm³/mol. The summed E-state index contributed by atoms with van der Waals surface area (Å²) in [4.78, 5) is 34.5. The molecule has 0 unspecified atom stereocenters. The number of hydrogen-bond acceptors (Lipinski definition) is 5. The van der Waals surface area contributed by atoms with Gasteiger partial charge in [0.15, 0.2) is 0 Å². The number of benzene rings is 1. The molecular weight excluding hydrogens is 430 g/mol. The Morgan fingerprint density at radius 2 is 1.79 bits per heavy atom. The molecular formula is C27H35N3O4. The van der Waals surface area contributed by atoms with Crippen molar-refractivity contribution in [2.24, 2.45) is 5.41 Å². The highest BCUT2D eigenvalue weighted by molar-refractivity contribution is 5.83. The molecule has 34 heavy (non-hydrogen) atoms. The van der Waals surface area contributed by atoms with E-state index in [0.29, 0.717) is 32.5 Å². The maximum Gasteiger partial charge on any atom is 0.248 e. The molecule has 1 aromatic heterocycles. The molecule has 2 aliphatic rings. The van der Waals surface area contributed by atoms with E-state index >= 15 is 0 Å². The zero-order valence-electron chi connectivity index (χ0n) is 20.5. The van der Waals surface area contributed by atoms with Gasteiger partial charge in [-0.1, -0.05) is 25.1 Å². The molecule has 0 aliphatic carbocycles. The Labute approximate surface area is 202 Å². The van der Waals surface area contributed by atoms with Crippen LogP contribution in [0.4, 0.5) is 0 Å². The van der Waals surface area contributed by atoms with Crippen LogP contribution < -0.4 is 4.74 Å². The van der Waals surface area contributed by atoms with Crippen LogP contribution in [0.5, 0.6) is 5.75 Å². The van der Waals surface area contributed by atoms with Crippen molar-refractivity contribution >= 4 is 11.8 Å². The Bertz CT molecular complexity index is 1020. The summed E-state index contributed by atoms with van der Waals surface area (Å²) in [5.74, 6) is 1.21. The number of carbonyl (C=O) groups excluding carboxylic acids is 2. The van der Waals surface area contributed by atoms with E-state index in [1.807, 2.05) is 46.2 Å². The third-order valence-corrected chi connectivity index (χ3v) is 7.28. The summed E-state index contributed by atoms with van der Waals surface area (Å²) in [6, 6.07) is 14.0. The first kappa shape index (κ1) is 24.2. The summed E-state index contributed by atoms with van der Waals surface area (Å²) in [5, 5.41) is 0. The van der Waals surface area contributed by atoms with Crippen LogP contribution in [0.15, 0.2) is 42.5 Å². The number of nitrogens with zero attached hydrogens (tertiary/aromatic N) is 3. The van der Waals surface area contributed by atoms with Gasteiger partial charge in [0.1, 0.15) is 12.4 Å². The Morgan fingerprint density at radius 3 is 2.53 bits per heavy atom. The number of amides is 2. The minimum absolute atomic E-state index is 0.00367. The van der Waals surface area contributed by atoms with Gasteiger partial charge in [-0.15, -0.1) is 0 Å². The maximum atomic E-state index is 13.6. The number of rotatable bonds is 6. The van der Waals surface area contributed by atoms with E-state index in [-0.39, 0.29) is 24.3 Å². The van der Waals surface area contributed by atoms with Crippen molar-refractivity contribution in [3.05, 3.63) is 48.2 Å². The SMILES string of the molecule is COCC(=O)N1CCC(C)(C(=O)N2CCC[C@@H](c3cccc(-c4ccccc4OC)n3)C2)CC1. The maximum absolute atomic E-state index is 13.6. The predicted octanol–water partition coefficient (Wildman–Crippen LogP) is 3.74. The highest BCUT2D eigenvalue weighted by Crippen LogP contribution is 2.36. The third-order valence-electron chi connectivity index (χ3n) is 7.28. The minimum atomic E-state index is -0.432. The Hall–Kier alpha value is -2.93. The minimum Gasteiger partial charge on any atom is -0.496 e. The van der Waals surface area contributed by atoms with Crippen molar-refractivity contribution in [1.29, 1.82) is 0 Å². The second-order valence-electron chi connectivity index (χ2n) is 9.61. The van der Waals surface area contributed by atoms with Gasteiger partial charge >= 0.3 is 0 Å². The molecule has 7 heteroatoms. The van der Waals surface area contributed by atoms with Crippen molar-refractivity contribution in [1.82, 2.24) is 14.8 Å². The van der Waals surface area contributed by atoms with Gasteiger partial charge in [-0.25, -0.2) is 0 Å². The number of piperidine rings is 2. The number of aromatic nitrogens is 1. The van der Waals surface area contributed by atoms with Gasteiger partial charge in [-0.2, -0.15) is 0 Å². The van der Waals surface area contributed by atoms with E-state index < -0.39 is 5.41 Å². The lowest BCUT2D eigenvalue weighted by Gasteiger charge is -2.43.